The molecule has 2 aromatic rings. The summed E-state index contributed by atoms with van der Waals surface area (Å²) >= 11 is 3.71. The Morgan fingerprint density at radius 2 is 1.80 bits per heavy atom. The summed E-state index contributed by atoms with van der Waals surface area (Å²) in [6, 6.07) is 19.3. The van der Waals surface area contributed by atoms with Crippen molar-refractivity contribution in [3.8, 4) is 0 Å². The van der Waals surface area contributed by atoms with Crippen molar-refractivity contribution in [1.82, 2.24) is 0 Å². The lowest BCUT2D eigenvalue weighted by Crippen LogP contribution is -2.01. The van der Waals surface area contributed by atoms with Gasteiger partial charge in [0.2, 0.25) is 0 Å². The van der Waals surface area contributed by atoms with Crippen LogP contribution in [0.25, 0.3) is 0 Å². The summed E-state index contributed by atoms with van der Waals surface area (Å²) in [6.07, 6.45) is 4.32. The zero-order valence-electron chi connectivity index (χ0n) is 11.5. The first kappa shape index (κ1) is 13.8. The number of thioether (sulfide) groups is 2. The van der Waals surface area contributed by atoms with Crippen molar-refractivity contribution in [1.29, 1.82) is 0 Å². The highest BCUT2D eigenvalue weighted by atomic mass is 32.2. The summed E-state index contributed by atoms with van der Waals surface area (Å²) in [5.41, 5.74) is 2.53. The minimum absolute atomic E-state index is 0.509. The second kappa shape index (κ2) is 6.51. The summed E-state index contributed by atoms with van der Waals surface area (Å²) in [7, 11) is 0. The van der Waals surface area contributed by atoms with Crippen LogP contribution >= 0.6 is 23.5 Å². The van der Waals surface area contributed by atoms with Gasteiger partial charge in [0, 0.05) is 10.1 Å². The molecule has 1 atom stereocenters. The smallest absolute Gasteiger partial charge is 0.0775 e. The van der Waals surface area contributed by atoms with Gasteiger partial charge < -0.3 is 0 Å². The van der Waals surface area contributed by atoms with Gasteiger partial charge in [0.05, 0.1) is 10.7 Å². The molecule has 102 valence electrons. The van der Waals surface area contributed by atoms with E-state index in [9.17, 15) is 0 Å². The Hall–Kier alpha value is -1.19. The fourth-order valence-corrected chi connectivity index (χ4v) is 4.09. The quantitative estimate of drug-likeness (QED) is 0.669. The molecule has 1 aliphatic rings. The maximum absolute atomic E-state index is 4.80. The molecule has 3 heteroatoms. The molecular weight excluding hydrogens is 282 g/mol. The molecule has 1 unspecified atom stereocenters. The van der Waals surface area contributed by atoms with Crippen LogP contribution in [0.2, 0.25) is 0 Å². The molecule has 3 rings (SSSR count). The molecule has 0 fully saturated rings. The van der Waals surface area contributed by atoms with E-state index in [-0.39, 0.29) is 0 Å². The van der Waals surface area contributed by atoms with Crippen LogP contribution in [-0.4, -0.2) is 11.3 Å². The van der Waals surface area contributed by atoms with E-state index in [1.807, 2.05) is 11.8 Å². The standard InChI is InChI=1S/C17H17NS2/c1-19-17-12-11-15(13-7-3-2-4-8-13)20-16-10-6-5-9-14(16)18-17/h2-10,15H,11-12H2,1H3. The van der Waals surface area contributed by atoms with Crippen LogP contribution in [0.3, 0.4) is 0 Å². The predicted molar refractivity (Wildman–Crippen MR) is 91.3 cm³/mol. The maximum Gasteiger partial charge on any atom is 0.0775 e. The minimum Gasteiger partial charge on any atom is -0.245 e. The van der Waals surface area contributed by atoms with Crippen molar-refractivity contribution in [3.05, 3.63) is 60.2 Å². The Labute approximate surface area is 128 Å². The molecule has 0 N–H and O–H groups in total. The molecule has 0 aliphatic carbocycles. The maximum atomic E-state index is 4.80. The summed E-state index contributed by atoms with van der Waals surface area (Å²) in [6.45, 7) is 0. The van der Waals surface area contributed by atoms with E-state index in [1.165, 1.54) is 15.5 Å². The van der Waals surface area contributed by atoms with Crippen LogP contribution in [0.15, 0.2) is 64.5 Å². The third kappa shape index (κ3) is 3.10. The Balaban J connectivity index is 1.97. The molecule has 1 heterocycles. The van der Waals surface area contributed by atoms with Crippen molar-refractivity contribution in [2.75, 3.05) is 6.26 Å². The molecular formula is C17H17NS2. The van der Waals surface area contributed by atoms with Gasteiger partial charge in [0.1, 0.15) is 0 Å². The van der Waals surface area contributed by atoms with Crippen LogP contribution in [0.5, 0.6) is 0 Å². The van der Waals surface area contributed by atoms with Gasteiger partial charge >= 0.3 is 0 Å². The summed E-state index contributed by atoms with van der Waals surface area (Å²) in [4.78, 5) is 6.09. The first-order chi connectivity index (χ1) is 9.86. The number of hydrogen-bond acceptors (Lipinski definition) is 3. The van der Waals surface area contributed by atoms with E-state index in [0.29, 0.717) is 5.25 Å². The third-order valence-corrected chi connectivity index (χ3v) is 5.57. The van der Waals surface area contributed by atoms with Gasteiger partial charge in [-0.15, -0.1) is 23.5 Å². The molecule has 0 aromatic heterocycles. The van der Waals surface area contributed by atoms with Gasteiger partial charge in [0.25, 0.3) is 0 Å². The second-order valence-electron chi connectivity index (χ2n) is 4.73. The molecule has 20 heavy (non-hydrogen) atoms. The SMILES string of the molecule is CSC1=Nc2ccccc2SC(c2ccccc2)CC1. The highest BCUT2D eigenvalue weighted by molar-refractivity contribution is 8.13. The van der Waals surface area contributed by atoms with Crippen LogP contribution in [-0.2, 0) is 0 Å². The average Bonchev–Trinajstić information content (AvgIpc) is 2.49. The van der Waals surface area contributed by atoms with Crippen LogP contribution in [0, 0.1) is 0 Å². The van der Waals surface area contributed by atoms with Crippen LogP contribution < -0.4 is 0 Å². The second-order valence-corrected chi connectivity index (χ2v) is 6.86. The molecule has 0 saturated carbocycles. The van der Waals surface area contributed by atoms with Crippen LogP contribution in [0.1, 0.15) is 23.7 Å². The molecule has 0 bridgehead atoms. The number of para-hydroxylation sites is 1. The van der Waals surface area contributed by atoms with E-state index in [4.69, 9.17) is 4.99 Å². The molecule has 0 amide bonds. The number of fused-ring (bicyclic) bond motifs is 1. The van der Waals surface area contributed by atoms with E-state index >= 15 is 0 Å². The third-order valence-electron chi connectivity index (χ3n) is 3.41. The zero-order chi connectivity index (χ0) is 13.8. The lowest BCUT2D eigenvalue weighted by atomic mass is 10.1. The van der Waals surface area contributed by atoms with Crippen molar-refractivity contribution in [2.24, 2.45) is 4.99 Å². The molecule has 0 saturated heterocycles. The first-order valence-electron chi connectivity index (χ1n) is 6.79. The fraction of sp³-hybridized carbons (Fsp3) is 0.235. The fourth-order valence-electron chi connectivity index (χ4n) is 2.36. The monoisotopic (exact) mass is 299 g/mol. The molecule has 0 radical (unpaired) electrons. The topological polar surface area (TPSA) is 12.4 Å². The molecule has 2 aromatic carbocycles. The van der Waals surface area contributed by atoms with Crippen molar-refractivity contribution in [2.45, 2.75) is 23.0 Å². The van der Waals surface area contributed by atoms with Gasteiger partial charge in [-0.25, -0.2) is 4.99 Å². The molecule has 1 nitrogen and oxygen atoms in total. The Kier molecular flexibility index (Phi) is 4.48. The Bertz CT molecular complexity index is 607. The number of benzene rings is 2. The van der Waals surface area contributed by atoms with Gasteiger partial charge in [-0.2, -0.15) is 0 Å². The normalized spacial score (nSPS) is 18.6. The highest BCUT2D eigenvalue weighted by Crippen LogP contribution is 2.44. The zero-order valence-corrected chi connectivity index (χ0v) is 13.1. The predicted octanol–water partition coefficient (Wildman–Crippen LogP) is 5.71. The van der Waals surface area contributed by atoms with Crippen molar-refractivity contribution < 1.29 is 0 Å². The lowest BCUT2D eigenvalue weighted by Gasteiger charge is -2.21. The number of hydrogen-bond donors (Lipinski definition) is 0. The largest absolute Gasteiger partial charge is 0.245 e. The summed E-state index contributed by atoms with van der Waals surface area (Å²) in [5, 5.41) is 1.74. The molecule has 0 spiro atoms. The van der Waals surface area contributed by atoms with E-state index in [1.54, 1.807) is 11.8 Å². The number of aliphatic imine (C=N–C) groups is 1. The van der Waals surface area contributed by atoms with Crippen LogP contribution in [0.4, 0.5) is 5.69 Å². The average molecular weight is 299 g/mol. The number of rotatable bonds is 1. The minimum atomic E-state index is 0.509. The first-order valence-corrected chi connectivity index (χ1v) is 8.89. The van der Waals surface area contributed by atoms with Gasteiger partial charge in [0.15, 0.2) is 0 Å². The van der Waals surface area contributed by atoms with E-state index in [2.05, 4.69) is 60.9 Å². The number of nitrogens with zero attached hydrogens (tertiary/aromatic N) is 1. The Morgan fingerprint density at radius 3 is 2.60 bits per heavy atom. The summed E-state index contributed by atoms with van der Waals surface area (Å²) < 4.78 is 0. The van der Waals surface area contributed by atoms with Gasteiger partial charge in [-0.05, 0) is 36.8 Å². The van der Waals surface area contributed by atoms with Crippen molar-refractivity contribution >= 4 is 34.3 Å². The van der Waals surface area contributed by atoms with Crippen molar-refractivity contribution in [3.63, 3.8) is 0 Å². The van der Waals surface area contributed by atoms with Gasteiger partial charge in [-0.3, -0.25) is 0 Å². The van der Waals surface area contributed by atoms with Gasteiger partial charge in [-0.1, -0.05) is 42.5 Å². The van der Waals surface area contributed by atoms with E-state index < -0.39 is 0 Å². The molecule has 1 aliphatic heterocycles. The highest BCUT2D eigenvalue weighted by Gasteiger charge is 2.18. The van der Waals surface area contributed by atoms with E-state index in [0.717, 1.165) is 18.5 Å². The summed E-state index contributed by atoms with van der Waals surface area (Å²) in [5.74, 6) is 0. The Morgan fingerprint density at radius 1 is 1.05 bits per heavy atom. The lowest BCUT2D eigenvalue weighted by molar-refractivity contribution is 0.845.